The molecule has 0 fully saturated rings. The lowest BCUT2D eigenvalue weighted by Crippen LogP contribution is -2.10. The van der Waals surface area contributed by atoms with Gasteiger partial charge in [-0.2, -0.15) is 0 Å². The standard InChI is InChI=1S/C11H10O2/c12-11(13)10-6-5-8-3-1-2-4-9(8)7-10/h1-4,6H,5,7H2,(H,12,13). The highest BCUT2D eigenvalue weighted by molar-refractivity contribution is 5.87. The molecule has 0 unspecified atom stereocenters. The lowest BCUT2D eigenvalue weighted by Gasteiger charge is -2.13. The summed E-state index contributed by atoms with van der Waals surface area (Å²) in [4.78, 5) is 10.7. The van der Waals surface area contributed by atoms with Crippen molar-refractivity contribution in [2.45, 2.75) is 12.8 Å². The summed E-state index contributed by atoms with van der Waals surface area (Å²) in [7, 11) is 0. The number of rotatable bonds is 1. The van der Waals surface area contributed by atoms with E-state index in [2.05, 4.69) is 0 Å². The van der Waals surface area contributed by atoms with Crippen molar-refractivity contribution in [1.29, 1.82) is 0 Å². The van der Waals surface area contributed by atoms with Gasteiger partial charge in [-0.05, 0) is 17.5 Å². The Hall–Kier alpha value is -1.57. The van der Waals surface area contributed by atoms with E-state index >= 15 is 0 Å². The predicted octanol–water partition coefficient (Wildman–Crippen LogP) is 1.80. The van der Waals surface area contributed by atoms with E-state index in [4.69, 9.17) is 5.11 Å². The minimum atomic E-state index is -0.797. The van der Waals surface area contributed by atoms with Gasteiger partial charge >= 0.3 is 5.97 Å². The van der Waals surface area contributed by atoms with E-state index in [1.165, 1.54) is 5.56 Å². The van der Waals surface area contributed by atoms with Crippen LogP contribution in [-0.4, -0.2) is 11.1 Å². The number of fused-ring (bicyclic) bond motifs is 1. The van der Waals surface area contributed by atoms with Gasteiger partial charge in [0, 0.05) is 12.0 Å². The molecule has 0 bridgehead atoms. The Bertz CT molecular complexity index is 377. The molecule has 2 rings (SSSR count). The van der Waals surface area contributed by atoms with Crippen LogP contribution >= 0.6 is 0 Å². The summed E-state index contributed by atoms with van der Waals surface area (Å²) in [6.07, 6.45) is 3.11. The van der Waals surface area contributed by atoms with Crippen molar-refractivity contribution in [2.75, 3.05) is 0 Å². The third-order valence-corrected chi connectivity index (χ3v) is 2.34. The fraction of sp³-hybridized carbons (Fsp3) is 0.182. The zero-order valence-corrected chi connectivity index (χ0v) is 7.16. The Morgan fingerprint density at radius 1 is 1.23 bits per heavy atom. The van der Waals surface area contributed by atoms with Crippen LogP contribution in [0.2, 0.25) is 0 Å². The number of carboxylic acid groups (broad SMARTS) is 1. The third kappa shape index (κ3) is 1.47. The van der Waals surface area contributed by atoms with Crippen LogP contribution in [0.1, 0.15) is 11.1 Å². The summed E-state index contributed by atoms with van der Waals surface area (Å²) in [5, 5.41) is 8.80. The largest absolute Gasteiger partial charge is 0.478 e. The lowest BCUT2D eigenvalue weighted by atomic mass is 9.92. The highest BCUT2D eigenvalue weighted by atomic mass is 16.4. The maximum atomic E-state index is 10.7. The zero-order chi connectivity index (χ0) is 9.26. The van der Waals surface area contributed by atoms with Crippen LogP contribution in [0.5, 0.6) is 0 Å². The second kappa shape index (κ2) is 3.05. The fourth-order valence-electron chi connectivity index (χ4n) is 1.60. The third-order valence-electron chi connectivity index (χ3n) is 2.34. The number of allylic oxidation sites excluding steroid dienone is 1. The quantitative estimate of drug-likeness (QED) is 0.704. The maximum Gasteiger partial charge on any atom is 0.331 e. The van der Waals surface area contributed by atoms with Crippen molar-refractivity contribution in [1.82, 2.24) is 0 Å². The molecule has 0 aromatic heterocycles. The minimum Gasteiger partial charge on any atom is -0.478 e. The molecule has 1 aliphatic carbocycles. The molecule has 0 atom stereocenters. The molecule has 1 aliphatic rings. The lowest BCUT2D eigenvalue weighted by molar-refractivity contribution is -0.132. The number of carboxylic acids is 1. The number of benzene rings is 1. The van der Waals surface area contributed by atoms with Crippen LogP contribution in [0.25, 0.3) is 0 Å². The molecular weight excluding hydrogens is 164 g/mol. The minimum absolute atomic E-state index is 0.513. The van der Waals surface area contributed by atoms with Gasteiger partial charge < -0.3 is 5.11 Å². The molecule has 0 amide bonds. The first kappa shape index (κ1) is 8.05. The van der Waals surface area contributed by atoms with Gasteiger partial charge in [0.05, 0.1) is 0 Å². The van der Waals surface area contributed by atoms with Crippen LogP contribution in [0.3, 0.4) is 0 Å². The van der Waals surface area contributed by atoms with Crippen LogP contribution in [-0.2, 0) is 17.6 Å². The first-order valence-electron chi connectivity index (χ1n) is 4.26. The molecule has 1 N–H and O–H groups in total. The Kier molecular flexibility index (Phi) is 1.89. The molecule has 1 aromatic rings. The van der Waals surface area contributed by atoms with Gasteiger partial charge in [-0.25, -0.2) is 4.79 Å². The molecule has 0 aliphatic heterocycles. The molecule has 0 radical (unpaired) electrons. The van der Waals surface area contributed by atoms with E-state index in [0.29, 0.717) is 12.0 Å². The van der Waals surface area contributed by atoms with Crippen molar-refractivity contribution >= 4 is 5.97 Å². The van der Waals surface area contributed by atoms with E-state index in [1.54, 1.807) is 6.08 Å². The molecule has 0 saturated carbocycles. The summed E-state index contributed by atoms with van der Waals surface area (Å²) >= 11 is 0. The Morgan fingerprint density at radius 2 is 1.92 bits per heavy atom. The maximum absolute atomic E-state index is 10.7. The predicted molar refractivity (Wildman–Crippen MR) is 49.6 cm³/mol. The van der Waals surface area contributed by atoms with E-state index in [9.17, 15) is 4.79 Å². The van der Waals surface area contributed by atoms with Gasteiger partial charge in [-0.15, -0.1) is 0 Å². The van der Waals surface area contributed by atoms with Crippen LogP contribution in [0.15, 0.2) is 35.9 Å². The summed E-state index contributed by atoms with van der Waals surface area (Å²) < 4.78 is 0. The number of aliphatic carboxylic acids is 1. The van der Waals surface area contributed by atoms with Crippen LogP contribution in [0, 0.1) is 0 Å². The highest BCUT2D eigenvalue weighted by Gasteiger charge is 2.14. The Balaban J connectivity index is 2.33. The Labute approximate surface area is 76.5 Å². The topological polar surface area (TPSA) is 37.3 Å². The van der Waals surface area contributed by atoms with Crippen molar-refractivity contribution in [3.8, 4) is 0 Å². The van der Waals surface area contributed by atoms with Crippen LogP contribution < -0.4 is 0 Å². The fourth-order valence-corrected chi connectivity index (χ4v) is 1.60. The van der Waals surface area contributed by atoms with E-state index < -0.39 is 5.97 Å². The highest BCUT2D eigenvalue weighted by Crippen LogP contribution is 2.20. The van der Waals surface area contributed by atoms with Gasteiger partial charge in [0.15, 0.2) is 0 Å². The van der Waals surface area contributed by atoms with Gasteiger partial charge in [-0.1, -0.05) is 30.3 Å². The Morgan fingerprint density at radius 3 is 2.62 bits per heavy atom. The average molecular weight is 174 g/mol. The number of hydrogen-bond donors (Lipinski definition) is 1. The van der Waals surface area contributed by atoms with E-state index in [1.807, 2.05) is 24.3 Å². The molecule has 1 aromatic carbocycles. The molecule has 66 valence electrons. The second-order valence-electron chi connectivity index (χ2n) is 3.18. The van der Waals surface area contributed by atoms with Gasteiger partial charge in [0.1, 0.15) is 0 Å². The first-order chi connectivity index (χ1) is 6.27. The van der Waals surface area contributed by atoms with Crippen molar-refractivity contribution in [2.24, 2.45) is 0 Å². The van der Waals surface area contributed by atoms with Crippen molar-refractivity contribution < 1.29 is 9.90 Å². The smallest absolute Gasteiger partial charge is 0.331 e. The molecule has 0 saturated heterocycles. The summed E-state index contributed by atoms with van der Waals surface area (Å²) in [6.45, 7) is 0. The van der Waals surface area contributed by atoms with E-state index in [-0.39, 0.29) is 0 Å². The molecule has 0 heterocycles. The summed E-state index contributed by atoms with van der Waals surface area (Å²) in [5.41, 5.74) is 2.90. The van der Waals surface area contributed by atoms with Crippen molar-refractivity contribution in [3.05, 3.63) is 47.0 Å². The zero-order valence-electron chi connectivity index (χ0n) is 7.16. The SMILES string of the molecule is O=C(O)C1=CCc2ccccc2C1. The molecule has 13 heavy (non-hydrogen) atoms. The number of hydrogen-bond acceptors (Lipinski definition) is 1. The molecule has 0 spiro atoms. The van der Waals surface area contributed by atoms with Gasteiger partial charge in [0.2, 0.25) is 0 Å². The van der Waals surface area contributed by atoms with E-state index in [0.717, 1.165) is 12.0 Å². The monoisotopic (exact) mass is 174 g/mol. The van der Waals surface area contributed by atoms with Gasteiger partial charge in [-0.3, -0.25) is 0 Å². The summed E-state index contributed by atoms with van der Waals surface area (Å²) in [5.74, 6) is -0.797. The summed E-state index contributed by atoms with van der Waals surface area (Å²) in [6, 6.07) is 7.97. The molecule has 2 heteroatoms. The van der Waals surface area contributed by atoms with Crippen molar-refractivity contribution in [3.63, 3.8) is 0 Å². The molecular formula is C11H10O2. The normalized spacial score (nSPS) is 14.6. The number of carbonyl (C=O) groups is 1. The average Bonchev–Trinajstić information content (AvgIpc) is 2.17. The first-order valence-corrected chi connectivity index (χ1v) is 4.26. The second-order valence-corrected chi connectivity index (χ2v) is 3.18. The van der Waals surface area contributed by atoms with Crippen LogP contribution in [0.4, 0.5) is 0 Å². The van der Waals surface area contributed by atoms with Gasteiger partial charge in [0.25, 0.3) is 0 Å². The molecule has 2 nitrogen and oxygen atoms in total.